The van der Waals surface area contributed by atoms with Crippen molar-refractivity contribution in [3.8, 4) is 0 Å². The monoisotopic (exact) mass is 297 g/mol. The number of nitrogens with one attached hydrogen (secondary N) is 1. The number of amides is 1. The van der Waals surface area contributed by atoms with Crippen LogP contribution in [0.15, 0.2) is 36.4 Å². The third-order valence-corrected chi connectivity index (χ3v) is 3.84. The molecule has 1 amide bonds. The topological polar surface area (TPSA) is 75.5 Å². The quantitative estimate of drug-likeness (QED) is 0.697. The van der Waals surface area contributed by atoms with Crippen LogP contribution in [0.4, 0.5) is 22.7 Å². The summed E-state index contributed by atoms with van der Waals surface area (Å²) in [6, 6.07) is 10.6. The Labute approximate surface area is 127 Å². The molecule has 1 aliphatic heterocycles. The largest absolute Gasteiger partial charge is 0.356 e. The van der Waals surface area contributed by atoms with E-state index in [4.69, 9.17) is 0 Å². The lowest BCUT2D eigenvalue weighted by Gasteiger charge is -2.12. The van der Waals surface area contributed by atoms with Gasteiger partial charge in [-0.25, -0.2) is 0 Å². The van der Waals surface area contributed by atoms with Crippen LogP contribution in [0.2, 0.25) is 0 Å². The predicted octanol–water partition coefficient (Wildman–Crippen LogP) is 3.17. The SMILES string of the molecule is Cc1cc(Nc2ccc3c(c2)CC(=O)N3C)ccc1[N+](=O)[O-]. The number of likely N-dealkylation sites (N-methyl/N-ethyl adjacent to an activating group) is 1. The first-order valence-electron chi connectivity index (χ1n) is 6.87. The second kappa shape index (κ2) is 5.14. The van der Waals surface area contributed by atoms with Crippen molar-refractivity contribution in [1.82, 2.24) is 0 Å². The van der Waals surface area contributed by atoms with Gasteiger partial charge < -0.3 is 10.2 Å². The Balaban J connectivity index is 1.86. The summed E-state index contributed by atoms with van der Waals surface area (Å²) >= 11 is 0. The lowest BCUT2D eigenvalue weighted by molar-refractivity contribution is -0.385. The van der Waals surface area contributed by atoms with Crippen molar-refractivity contribution in [2.24, 2.45) is 0 Å². The number of carbonyl (C=O) groups excluding carboxylic acids is 1. The van der Waals surface area contributed by atoms with Crippen molar-refractivity contribution < 1.29 is 9.72 Å². The second-order valence-electron chi connectivity index (χ2n) is 5.36. The van der Waals surface area contributed by atoms with Crippen LogP contribution >= 0.6 is 0 Å². The van der Waals surface area contributed by atoms with Crippen molar-refractivity contribution in [2.75, 3.05) is 17.3 Å². The van der Waals surface area contributed by atoms with E-state index in [-0.39, 0.29) is 11.6 Å². The van der Waals surface area contributed by atoms with E-state index in [2.05, 4.69) is 5.32 Å². The van der Waals surface area contributed by atoms with Crippen molar-refractivity contribution >= 4 is 28.7 Å². The molecule has 0 unspecified atom stereocenters. The molecular weight excluding hydrogens is 282 g/mol. The number of aryl methyl sites for hydroxylation is 1. The molecule has 2 aromatic rings. The standard InChI is InChI=1S/C16H15N3O3/c1-10-7-12(3-5-14(10)19(21)22)17-13-4-6-15-11(8-13)9-16(20)18(15)2/h3-8,17H,9H2,1-2H3. The molecular formula is C16H15N3O3. The van der Waals surface area contributed by atoms with E-state index in [0.717, 1.165) is 22.6 Å². The van der Waals surface area contributed by atoms with Crippen LogP contribution < -0.4 is 10.2 Å². The highest BCUT2D eigenvalue weighted by atomic mass is 16.6. The zero-order valence-electron chi connectivity index (χ0n) is 12.3. The number of anilines is 3. The zero-order chi connectivity index (χ0) is 15.9. The van der Waals surface area contributed by atoms with Crippen molar-refractivity contribution in [2.45, 2.75) is 13.3 Å². The maximum atomic E-state index is 11.7. The molecule has 2 aromatic carbocycles. The molecule has 3 rings (SSSR count). The highest BCUT2D eigenvalue weighted by molar-refractivity contribution is 6.01. The minimum atomic E-state index is -0.393. The molecule has 112 valence electrons. The molecule has 0 bridgehead atoms. The normalized spacial score (nSPS) is 13.2. The molecule has 0 aliphatic carbocycles. The van der Waals surface area contributed by atoms with Crippen molar-refractivity contribution in [3.05, 3.63) is 57.6 Å². The van der Waals surface area contributed by atoms with E-state index < -0.39 is 4.92 Å². The minimum Gasteiger partial charge on any atom is -0.356 e. The van der Waals surface area contributed by atoms with Gasteiger partial charge in [0.15, 0.2) is 0 Å². The summed E-state index contributed by atoms with van der Waals surface area (Å²) in [5, 5.41) is 14.0. The first-order valence-corrected chi connectivity index (χ1v) is 6.87. The van der Waals surface area contributed by atoms with Gasteiger partial charge in [-0.3, -0.25) is 14.9 Å². The summed E-state index contributed by atoms with van der Waals surface area (Å²) in [7, 11) is 1.76. The summed E-state index contributed by atoms with van der Waals surface area (Å²) in [4.78, 5) is 23.8. The fraction of sp³-hybridized carbons (Fsp3) is 0.188. The molecule has 0 spiro atoms. The third-order valence-electron chi connectivity index (χ3n) is 3.84. The number of hydrogen-bond donors (Lipinski definition) is 1. The first-order chi connectivity index (χ1) is 10.5. The van der Waals surface area contributed by atoms with Gasteiger partial charge >= 0.3 is 0 Å². The molecule has 1 aliphatic rings. The van der Waals surface area contributed by atoms with Crippen LogP contribution in [-0.2, 0) is 11.2 Å². The molecule has 0 aromatic heterocycles. The molecule has 0 atom stereocenters. The van der Waals surface area contributed by atoms with Crippen LogP contribution in [0.25, 0.3) is 0 Å². The van der Waals surface area contributed by atoms with E-state index in [1.165, 1.54) is 6.07 Å². The number of carbonyl (C=O) groups is 1. The summed E-state index contributed by atoms with van der Waals surface area (Å²) in [6.07, 6.45) is 0.403. The number of rotatable bonds is 3. The molecule has 0 saturated carbocycles. The van der Waals surface area contributed by atoms with Gasteiger partial charge in [0.25, 0.3) is 5.69 Å². The summed E-state index contributed by atoms with van der Waals surface area (Å²) in [5.74, 6) is 0.0818. The Morgan fingerprint density at radius 1 is 1.18 bits per heavy atom. The molecule has 0 fully saturated rings. The first kappa shape index (κ1) is 14.1. The van der Waals surface area contributed by atoms with Crippen LogP contribution in [0.5, 0.6) is 0 Å². The smallest absolute Gasteiger partial charge is 0.272 e. The molecule has 1 heterocycles. The summed E-state index contributed by atoms with van der Waals surface area (Å²) in [5.41, 5.74) is 4.25. The van der Waals surface area contributed by atoms with Crippen LogP contribution in [0.1, 0.15) is 11.1 Å². The van der Waals surface area contributed by atoms with Gasteiger partial charge in [0, 0.05) is 35.7 Å². The molecule has 6 nitrogen and oxygen atoms in total. The Hall–Kier alpha value is -2.89. The van der Waals surface area contributed by atoms with Crippen LogP contribution in [0, 0.1) is 17.0 Å². The molecule has 1 N–H and O–H groups in total. The van der Waals surface area contributed by atoms with Gasteiger partial charge in [-0.2, -0.15) is 0 Å². The molecule has 0 radical (unpaired) electrons. The lowest BCUT2D eigenvalue weighted by Crippen LogP contribution is -2.20. The van der Waals surface area contributed by atoms with Gasteiger partial charge in [0.05, 0.1) is 11.3 Å². The van der Waals surface area contributed by atoms with Gasteiger partial charge in [-0.15, -0.1) is 0 Å². The van der Waals surface area contributed by atoms with Crippen molar-refractivity contribution in [3.63, 3.8) is 0 Å². The van der Waals surface area contributed by atoms with E-state index in [0.29, 0.717) is 12.0 Å². The van der Waals surface area contributed by atoms with E-state index in [1.807, 2.05) is 18.2 Å². The van der Waals surface area contributed by atoms with Gasteiger partial charge in [0.2, 0.25) is 5.91 Å². The fourth-order valence-electron chi connectivity index (χ4n) is 2.65. The average molecular weight is 297 g/mol. The Morgan fingerprint density at radius 2 is 1.86 bits per heavy atom. The number of nitro groups is 1. The lowest BCUT2D eigenvalue weighted by atomic mass is 10.1. The number of benzene rings is 2. The van der Waals surface area contributed by atoms with Crippen LogP contribution in [-0.4, -0.2) is 17.9 Å². The van der Waals surface area contributed by atoms with Gasteiger partial charge in [-0.1, -0.05) is 0 Å². The highest BCUT2D eigenvalue weighted by Crippen LogP contribution is 2.31. The van der Waals surface area contributed by atoms with Gasteiger partial charge in [0.1, 0.15) is 0 Å². The molecule has 6 heteroatoms. The fourth-order valence-corrected chi connectivity index (χ4v) is 2.65. The number of nitro benzene ring substituents is 1. The van der Waals surface area contributed by atoms with E-state index >= 15 is 0 Å². The number of nitrogens with zero attached hydrogens (tertiary/aromatic N) is 2. The van der Waals surface area contributed by atoms with E-state index in [9.17, 15) is 14.9 Å². The predicted molar refractivity (Wildman–Crippen MR) is 84.7 cm³/mol. The van der Waals surface area contributed by atoms with Crippen molar-refractivity contribution in [1.29, 1.82) is 0 Å². The number of hydrogen-bond acceptors (Lipinski definition) is 4. The summed E-state index contributed by atoms with van der Waals surface area (Å²) in [6.45, 7) is 1.71. The maximum Gasteiger partial charge on any atom is 0.272 e. The van der Waals surface area contributed by atoms with Gasteiger partial charge in [-0.05, 0) is 42.8 Å². The zero-order valence-corrected chi connectivity index (χ0v) is 12.3. The maximum absolute atomic E-state index is 11.7. The summed E-state index contributed by atoms with van der Waals surface area (Å²) < 4.78 is 0. The average Bonchev–Trinajstić information content (AvgIpc) is 2.73. The highest BCUT2D eigenvalue weighted by Gasteiger charge is 2.23. The second-order valence-corrected chi connectivity index (χ2v) is 5.36. The Bertz CT molecular complexity index is 786. The molecule has 0 saturated heterocycles. The van der Waals surface area contributed by atoms with E-state index in [1.54, 1.807) is 31.0 Å². The minimum absolute atomic E-state index is 0.0818. The number of fused-ring (bicyclic) bond motifs is 1. The molecule has 22 heavy (non-hydrogen) atoms. The van der Waals surface area contributed by atoms with Crippen LogP contribution in [0.3, 0.4) is 0 Å². The Kier molecular flexibility index (Phi) is 3.29. The third kappa shape index (κ3) is 2.39. The Morgan fingerprint density at radius 3 is 2.55 bits per heavy atom.